The van der Waals surface area contributed by atoms with E-state index in [1.165, 1.54) is 5.69 Å². The van der Waals surface area contributed by atoms with Gasteiger partial charge >= 0.3 is 0 Å². The highest BCUT2D eigenvalue weighted by atomic mass is 32.2. The third kappa shape index (κ3) is 3.02. The third-order valence-corrected chi connectivity index (χ3v) is 6.68. The molecule has 0 radical (unpaired) electrons. The molecule has 5 heterocycles. The lowest BCUT2D eigenvalue weighted by molar-refractivity contribution is 0.246. The van der Waals surface area contributed by atoms with E-state index in [4.69, 9.17) is 4.99 Å². The summed E-state index contributed by atoms with van der Waals surface area (Å²) in [6.45, 7) is 3.04. The molecule has 2 aliphatic heterocycles. The monoisotopic (exact) mass is 389 g/mol. The van der Waals surface area contributed by atoms with Crippen LogP contribution >= 0.6 is 11.8 Å². The molecule has 3 atom stereocenters. The Morgan fingerprint density at radius 2 is 1.89 bits per heavy atom. The molecule has 28 heavy (non-hydrogen) atoms. The molecule has 2 aliphatic rings. The lowest BCUT2D eigenvalue weighted by atomic mass is 9.99. The standard InChI is InChI=1S/C22H23N5S/c1-2-17-15-28-22-25-20(18-9-4-6-12-24-18)21(27(17)22)19-10-7-13-26(19)14-16-8-3-5-11-23-16/h3-13,17,20-21H,2,14-15H2,1H3/t17-,20+,21-/m1/s1. The van der Waals surface area contributed by atoms with Gasteiger partial charge in [-0.2, -0.15) is 0 Å². The van der Waals surface area contributed by atoms with Crippen molar-refractivity contribution in [3.05, 3.63) is 84.2 Å². The minimum absolute atomic E-state index is 0.0235. The van der Waals surface area contributed by atoms with Crippen LogP contribution in [-0.2, 0) is 6.54 Å². The summed E-state index contributed by atoms with van der Waals surface area (Å²) in [5, 5.41) is 1.16. The summed E-state index contributed by atoms with van der Waals surface area (Å²) in [4.78, 5) is 16.8. The molecule has 3 aromatic heterocycles. The predicted octanol–water partition coefficient (Wildman–Crippen LogP) is 4.31. The number of pyridine rings is 2. The maximum absolute atomic E-state index is 5.12. The number of nitrogens with zero attached hydrogens (tertiary/aromatic N) is 5. The summed E-state index contributed by atoms with van der Waals surface area (Å²) in [6, 6.07) is 17.3. The van der Waals surface area contributed by atoms with Crippen molar-refractivity contribution in [1.29, 1.82) is 0 Å². The van der Waals surface area contributed by atoms with Gasteiger partial charge in [0, 0.05) is 36.1 Å². The van der Waals surface area contributed by atoms with E-state index in [1.54, 1.807) is 0 Å². The largest absolute Gasteiger partial charge is 0.344 e. The lowest BCUT2D eigenvalue weighted by Gasteiger charge is -2.32. The molecule has 0 N–H and O–H groups in total. The van der Waals surface area contributed by atoms with E-state index < -0.39 is 0 Å². The fraction of sp³-hybridized carbons (Fsp3) is 0.318. The van der Waals surface area contributed by atoms with Crippen LogP contribution in [0.15, 0.2) is 72.1 Å². The van der Waals surface area contributed by atoms with Crippen molar-refractivity contribution >= 4 is 16.9 Å². The zero-order chi connectivity index (χ0) is 18.9. The molecule has 0 spiro atoms. The topological polar surface area (TPSA) is 46.3 Å². The molecule has 0 aliphatic carbocycles. The first-order valence-corrected chi connectivity index (χ1v) is 10.8. The van der Waals surface area contributed by atoms with Gasteiger partial charge in [-0.1, -0.05) is 30.8 Å². The van der Waals surface area contributed by atoms with Crippen molar-refractivity contribution in [2.45, 2.75) is 38.0 Å². The van der Waals surface area contributed by atoms with Crippen molar-refractivity contribution < 1.29 is 0 Å². The van der Waals surface area contributed by atoms with Crippen molar-refractivity contribution in [2.75, 3.05) is 5.75 Å². The Kier molecular flexibility index (Phi) is 4.64. The molecule has 0 saturated carbocycles. The van der Waals surface area contributed by atoms with Gasteiger partial charge in [-0.25, -0.2) is 0 Å². The first-order valence-electron chi connectivity index (χ1n) is 9.80. The second kappa shape index (κ2) is 7.43. The average Bonchev–Trinajstić information content (AvgIpc) is 3.44. The maximum Gasteiger partial charge on any atom is 0.160 e. The average molecular weight is 390 g/mol. The van der Waals surface area contributed by atoms with E-state index in [0.29, 0.717) is 6.04 Å². The van der Waals surface area contributed by atoms with Crippen LogP contribution in [0.25, 0.3) is 0 Å². The van der Waals surface area contributed by atoms with Gasteiger partial charge in [-0.05, 0) is 42.8 Å². The Balaban J connectivity index is 1.55. The Morgan fingerprint density at radius 3 is 2.64 bits per heavy atom. The Bertz CT molecular complexity index is 969. The van der Waals surface area contributed by atoms with Crippen LogP contribution in [0, 0.1) is 0 Å². The van der Waals surface area contributed by atoms with Gasteiger partial charge in [-0.15, -0.1) is 0 Å². The summed E-state index contributed by atoms with van der Waals surface area (Å²) < 4.78 is 2.32. The van der Waals surface area contributed by atoms with Crippen LogP contribution < -0.4 is 0 Å². The van der Waals surface area contributed by atoms with Crippen molar-refractivity contribution in [3.63, 3.8) is 0 Å². The number of aromatic nitrogens is 3. The van der Waals surface area contributed by atoms with Crippen LogP contribution in [-0.4, -0.2) is 36.4 Å². The molecule has 0 unspecified atom stereocenters. The van der Waals surface area contributed by atoms with Gasteiger partial charge in [0.05, 0.1) is 24.0 Å². The molecule has 3 aromatic rings. The molecule has 5 nitrogen and oxygen atoms in total. The SMILES string of the molecule is CC[C@@H]1CSC2=N[C@@H](c3ccccn3)[C@@H](c3cccn3Cc3ccccn3)N21. The second-order valence-electron chi connectivity index (χ2n) is 7.22. The van der Waals surface area contributed by atoms with E-state index in [1.807, 2.05) is 42.4 Å². The van der Waals surface area contributed by atoms with Crippen LogP contribution in [0.2, 0.25) is 0 Å². The van der Waals surface area contributed by atoms with E-state index in [2.05, 4.69) is 62.9 Å². The summed E-state index contributed by atoms with van der Waals surface area (Å²) in [5.74, 6) is 1.11. The normalized spacial score (nSPS) is 23.7. The van der Waals surface area contributed by atoms with Gasteiger partial charge in [0.1, 0.15) is 6.04 Å². The number of fused-ring (bicyclic) bond motifs is 1. The Labute approximate surface area is 169 Å². The minimum Gasteiger partial charge on any atom is -0.344 e. The fourth-order valence-electron chi connectivity index (χ4n) is 4.18. The minimum atomic E-state index is 0.0235. The number of amidine groups is 1. The molecule has 5 rings (SSSR count). The maximum atomic E-state index is 5.12. The number of aliphatic imine (C=N–C) groups is 1. The first kappa shape index (κ1) is 17.5. The highest BCUT2D eigenvalue weighted by Crippen LogP contribution is 2.48. The van der Waals surface area contributed by atoms with Crippen molar-refractivity contribution in [2.24, 2.45) is 4.99 Å². The zero-order valence-electron chi connectivity index (χ0n) is 15.8. The highest BCUT2D eigenvalue weighted by molar-refractivity contribution is 8.14. The van der Waals surface area contributed by atoms with E-state index >= 15 is 0 Å². The van der Waals surface area contributed by atoms with Crippen LogP contribution in [0.5, 0.6) is 0 Å². The van der Waals surface area contributed by atoms with Gasteiger partial charge in [0.2, 0.25) is 0 Å². The van der Waals surface area contributed by atoms with E-state index in [-0.39, 0.29) is 12.1 Å². The number of thioether (sulfide) groups is 1. The van der Waals surface area contributed by atoms with Crippen LogP contribution in [0.4, 0.5) is 0 Å². The van der Waals surface area contributed by atoms with Crippen molar-refractivity contribution in [3.8, 4) is 0 Å². The van der Waals surface area contributed by atoms with Gasteiger partial charge in [-0.3, -0.25) is 15.0 Å². The fourth-order valence-corrected chi connectivity index (χ4v) is 5.51. The molecule has 1 fully saturated rings. The first-order chi connectivity index (χ1) is 13.8. The zero-order valence-corrected chi connectivity index (χ0v) is 16.7. The molecule has 1 saturated heterocycles. The molecule has 0 bridgehead atoms. The second-order valence-corrected chi connectivity index (χ2v) is 8.21. The van der Waals surface area contributed by atoms with Crippen LogP contribution in [0.3, 0.4) is 0 Å². The molecule has 0 amide bonds. The van der Waals surface area contributed by atoms with Gasteiger partial charge in [0.25, 0.3) is 0 Å². The Morgan fingerprint density at radius 1 is 1.04 bits per heavy atom. The van der Waals surface area contributed by atoms with E-state index in [0.717, 1.165) is 35.3 Å². The molecule has 6 heteroatoms. The van der Waals surface area contributed by atoms with E-state index in [9.17, 15) is 0 Å². The molecular formula is C22H23N5S. The summed E-state index contributed by atoms with van der Waals surface area (Å²) in [6.07, 6.45) is 7.00. The summed E-state index contributed by atoms with van der Waals surface area (Å²) >= 11 is 1.88. The summed E-state index contributed by atoms with van der Waals surface area (Å²) in [7, 11) is 0. The third-order valence-electron chi connectivity index (χ3n) is 5.56. The van der Waals surface area contributed by atoms with Crippen LogP contribution in [0.1, 0.15) is 42.5 Å². The Hall–Kier alpha value is -2.60. The van der Waals surface area contributed by atoms with Gasteiger partial charge < -0.3 is 9.47 Å². The van der Waals surface area contributed by atoms with Gasteiger partial charge in [0.15, 0.2) is 5.17 Å². The molecular weight excluding hydrogens is 366 g/mol. The number of hydrogen-bond acceptors (Lipinski definition) is 5. The lowest BCUT2D eigenvalue weighted by Crippen LogP contribution is -2.36. The quantitative estimate of drug-likeness (QED) is 0.652. The van der Waals surface area contributed by atoms with Crippen molar-refractivity contribution in [1.82, 2.24) is 19.4 Å². The number of rotatable bonds is 5. The number of hydrogen-bond donors (Lipinski definition) is 0. The highest BCUT2D eigenvalue weighted by Gasteiger charge is 2.46. The smallest absolute Gasteiger partial charge is 0.160 e. The predicted molar refractivity (Wildman–Crippen MR) is 113 cm³/mol. The summed E-state index contributed by atoms with van der Waals surface area (Å²) in [5.41, 5.74) is 3.38. The molecule has 142 valence electrons. The molecule has 0 aromatic carbocycles.